The molecule has 16 heavy (non-hydrogen) atoms. The van der Waals surface area contributed by atoms with E-state index in [1.165, 1.54) is 0 Å². The van der Waals surface area contributed by atoms with Gasteiger partial charge < -0.3 is 16.2 Å². The lowest BCUT2D eigenvalue weighted by molar-refractivity contribution is -0.124. The van der Waals surface area contributed by atoms with Crippen LogP contribution >= 0.6 is 0 Å². The number of amides is 1. The fraction of sp³-hybridized carbons (Fsp3) is 0.917. The molecule has 0 fully saturated rings. The maximum atomic E-state index is 11.7. The highest BCUT2D eigenvalue weighted by molar-refractivity contribution is 5.82. The molecule has 0 radical (unpaired) electrons. The van der Waals surface area contributed by atoms with E-state index >= 15 is 0 Å². The second kappa shape index (κ2) is 7.63. The SMILES string of the molecule is CCCC(CC(C)O)NC(=O)C(N)C(C)C. The van der Waals surface area contributed by atoms with E-state index < -0.39 is 12.1 Å². The van der Waals surface area contributed by atoms with Gasteiger partial charge in [0.2, 0.25) is 5.91 Å². The van der Waals surface area contributed by atoms with Crippen LogP contribution in [0, 0.1) is 5.92 Å². The van der Waals surface area contributed by atoms with Crippen LogP contribution in [0.15, 0.2) is 0 Å². The molecule has 0 aliphatic heterocycles. The number of carbonyl (C=O) groups excluding carboxylic acids is 1. The molecule has 3 atom stereocenters. The fourth-order valence-electron chi connectivity index (χ4n) is 1.61. The summed E-state index contributed by atoms with van der Waals surface area (Å²) in [5.41, 5.74) is 5.76. The van der Waals surface area contributed by atoms with Gasteiger partial charge in [0.25, 0.3) is 0 Å². The molecule has 0 aromatic carbocycles. The monoisotopic (exact) mass is 230 g/mol. The first-order chi connectivity index (χ1) is 7.38. The quantitative estimate of drug-likeness (QED) is 0.611. The minimum absolute atomic E-state index is 0.0299. The highest BCUT2D eigenvalue weighted by Crippen LogP contribution is 2.07. The van der Waals surface area contributed by atoms with Crippen molar-refractivity contribution in [1.29, 1.82) is 0 Å². The van der Waals surface area contributed by atoms with Gasteiger partial charge in [-0.15, -0.1) is 0 Å². The summed E-state index contributed by atoms with van der Waals surface area (Å²) in [5, 5.41) is 12.2. The smallest absolute Gasteiger partial charge is 0.237 e. The molecule has 0 saturated carbocycles. The Hall–Kier alpha value is -0.610. The van der Waals surface area contributed by atoms with E-state index in [-0.39, 0.29) is 17.9 Å². The number of hydrogen-bond acceptors (Lipinski definition) is 3. The van der Waals surface area contributed by atoms with Crippen LogP contribution in [0.5, 0.6) is 0 Å². The Labute approximate surface area is 98.6 Å². The minimum Gasteiger partial charge on any atom is -0.393 e. The predicted octanol–water partition coefficient (Wildman–Crippen LogP) is 1.03. The van der Waals surface area contributed by atoms with Gasteiger partial charge in [-0.2, -0.15) is 0 Å². The molecule has 0 aliphatic rings. The Morgan fingerprint density at radius 1 is 1.38 bits per heavy atom. The Bertz CT molecular complexity index is 205. The molecule has 0 rings (SSSR count). The van der Waals surface area contributed by atoms with E-state index in [1.807, 2.05) is 13.8 Å². The molecule has 0 bridgehead atoms. The topological polar surface area (TPSA) is 75.3 Å². The summed E-state index contributed by atoms with van der Waals surface area (Å²) in [6.07, 6.45) is 2.05. The highest BCUT2D eigenvalue weighted by atomic mass is 16.3. The van der Waals surface area contributed by atoms with Gasteiger partial charge in [0.05, 0.1) is 12.1 Å². The number of rotatable bonds is 7. The van der Waals surface area contributed by atoms with Crippen LogP contribution in [-0.2, 0) is 4.79 Å². The molecule has 4 heteroatoms. The zero-order valence-corrected chi connectivity index (χ0v) is 10.9. The number of aliphatic hydroxyl groups excluding tert-OH is 1. The molecule has 0 spiro atoms. The van der Waals surface area contributed by atoms with Crippen molar-refractivity contribution in [1.82, 2.24) is 5.32 Å². The Morgan fingerprint density at radius 3 is 2.31 bits per heavy atom. The van der Waals surface area contributed by atoms with Gasteiger partial charge in [-0.25, -0.2) is 0 Å². The van der Waals surface area contributed by atoms with Gasteiger partial charge in [0.15, 0.2) is 0 Å². The first-order valence-corrected chi connectivity index (χ1v) is 6.12. The molecule has 4 nitrogen and oxygen atoms in total. The molecule has 4 N–H and O–H groups in total. The van der Waals surface area contributed by atoms with E-state index in [1.54, 1.807) is 6.92 Å². The molecule has 0 heterocycles. The zero-order valence-electron chi connectivity index (χ0n) is 10.9. The van der Waals surface area contributed by atoms with Crippen molar-refractivity contribution in [3.8, 4) is 0 Å². The number of nitrogens with two attached hydrogens (primary N) is 1. The molecular formula is C12H26N2O2. The first-order valence-electron chi connectivity index (χ1n) is 6.12. The molecule has 0 aromatic heterocycles. The maximum Gasteiger partial charge on any atom is 0.237 e. The van der Waals surface area contributed by atoms with Crippen molar-refractivity contribution >= 4 is 5.91 Å². The van der Waals surface area contributed by atoms with Gasteiger partial charge in [-0.3, -0.25) is 4.79 Å². The second-order valence-electron chi connectivity index (χ2n) is 4.85. The predicted molar refractivity (Wildman–Crippen MR) is 65.9 cm³/mol. The third-order valence-corrected chi connectivity index (χ3v) is 2.63. The third-order valence-electron chi connectivity index (χ3n) is 2.63. The normalized spacial score (nSPS) is 16.9. The van der Waals surface area contributed by atoms with Crippen molar-refractivity contribution in [3.05, 3.63) is 0 Å². The van der Waals surface area contributed by atoms with Gasteiger partial charge >= 0.3 is 0 Å². The molecule has 0 aliphatic carbocycles. The second-order valence-corrected chi connectivity index (χ2v) is 4.85. The van der Waals surface area contributed by atoms with Crippen LogP contribution < -0.4 is 11.1 Å². The summed E-state index contributed by atoms with van der Waals surface area (Å²) in [6.45, 7) is 7.64. The van der Waals surface area contributed by atoms with Crippen LogP contribution in [0.3, 0.4) is 0 Å². The molecule has 96 valence electrons. The van der Waals surface area contributed by atoms with Crippen LogP contribution in [0.25, 0.3) is 0 Å². The summed E-state index contributed by atoms with van der Waals surface area (Å²) >= 11 is 0. The highest BCUT2D eigenvalue weighted by Gasteiger charge is 2.20. The molecule has 1 amide bonds. The van der Waals surface area contributed by atoms with Crippen molar-refractivity contribution in [2.75, 3.05) is 0 Å². The van der Waals surface area contributed by atoms with Gasteiger partial charge in [0, 0.05) is 6.04 Å². The summed E-state index contributed by atoms with van der Waals surface area (Å²) in [6, 6.07) is -0.435. The molecule has 3 unspecified atom stereocenters. The Kier molecular flexibility index (Phi) is 7.34. The van der Waals surface area contributed by atoms with Crippen LogP contribution in [-0.4, -0.2) is 29.2 Å². The molecule has 0 saturated heterocycles. The van der Waals surface area contributed by atoms with Crippen molar-refractivity contribution in [2.45, 2.75) is 65.1 Å². The number of hydrogen-bond donors (Lipinski definition) is 3. The van der Waals surface area contributed by atoms with E-state index in [0.29, 0.717) is 6.42 Å². The lowest BCUT2D eigenvalue weighted by Crippen LogP contribution is -2.48. The summed E-state index contributed by atoms with van der Waals surface area (Å²) in [5.74, 6) is 0.0166. The Balaban J connectivity index is 4.22. The van der Waals surface area contributed by atoms with E-state index in [2.05, 4.69) is 12.2 Å². The van der Waals surface area contributed by atoms with Crippen LogP contribution in [0.2, 0.25) is 0 Å². The number of carbonyl (C=O) groups is 1. The fourth-order valence-corrected chi connectivity index (χ4v) is 1.61. The zero-order chi connectivity index (χ0) is 12.7. The van der Waals surface area contributed by atoms with Crippen molar-refractivity contribution < 1.29 is 9.90 Å². The number of aliphatic hydroxyl groups is 1. The largest absolute Gasteiger partial charge is 0.393 e. The number of nitrogens with one attached hydrogen (secondary N) is 1. The first kappa shape index (κ1) is 15.4. The van der Waals surface area contributed by atoms with E-state index in [9.17, 15) is 9.90 Å². The van der Waals surface area contributed by atoms with Crippen LogP contribution in [0.1, 0.15) is 47.0 Å². The summed E-state index contributed by atoms with van der Waals surface area (Å²) in [7, 11) is 0. The Morgan fingerprint density at radius 2 is 1.94 bits per heavy atom. The van der Waals surface area contributed by atoms with Gasteiger partial charge in [0.1, 0.15) is 0 Å². The third kappa shape index (κ3) is 6.08. The average Bonchev–Trinajstić information content (AvgIpc) is 2.15. The molecule has 0 aromatic rings. The van der Waals surface area contributed by atoms with Crippen molar-refractivity contribution in [3.63, 3.8) is 0 Å². The van der Waals surface area contributed by atoms with E-state index in [4.69, 9.17) is 5.73 Å². The molecular weight excluding hydrogens is 204 g/mol. The van der Waals surface area contributed by atoms with E-state index in [0.717, 1.165) is 12.8 Å². The summed E-state index contributed by atoms with van der Waals surface area (Å²) in [4.78, 5) is 11.7. The average molecular weight is 230 g/mol. The van der Waals surface area contributed by atoms with Gasteiger partial charge in [-0.1, -0.05) is 27.2 Å². The van der Waals surface area contributed by atoms with Crippen molar-refractivity contribution in [2.24, 2.45) is 11.7 Å². The minimum atomic E-state index is -0.464. The summed E-state index contributed by atoms with van der Waals surface area (Å²) < 4.78 is 0. The van der Waals surface area contributed by atoms with Gasteiger partial charge in [-0.05, 0) is 25.7 Å². The standard InChI is InChI=1S/C12H26N2O2/c1-5-6-10(7-9(4)15)14-12(16)11(13)8(2)3/h8-11,15H,5-7,13H2,1-4H3,(H,14,16). The maximum absolute atomic E-state index is 11.7. The van der Waals surface area contributed by atoms with Crippen LogP contribution in [0.4, 0.5) is 0 Å². The lowest BCUT2D eigenvalue weighted by atomic mass is 10.0. The lowest BCUT2D eigenvalue weighted by Gasteiger charge is -2.23.